The van der Waals surface area contributed by atoms with E-state index in [2.05, 4.69) is 5.32 Å². The quantitative estimate of drug-likeness (QED) is 0.188. The third-order valence-electron chi connectivity index (χ3n) is 8.27. The summed E-state index contributed by atoms with van der Waals surface area (Å²) in [6, 6.07) is 18.8. The molecule has 0 bridgehead atoms. The van der Waals surface area contributed by atoms with Gasteiger partial charge in [0, 0.05) is 49.1 Å². The zero-order chi connectivity index (χ0) is 34.1. The summed E-state index contributed by atoms with van der Waals surface area (Å²) in [5.74, 6) is 1.21. The fraction of sp³-hybridized carbons (Fsp3) is 0.432. The second-order valence-corrected chi connectivity index (χ2v) is 12.7. The Kier molecular flexibility index (Phi) is 11.7. The minimum Gasteiger partial charge on any atom is -0.497 e. The van der Waals surface area contributed by atoms with E-state index in [0.29, 0.717) is 55.3 Å². The Morgan fingerprint density at radius 3 is 2.13 bits per heavy atom. The molecule has 10 nitrogen and oxygen atoms in total. The van der Waals surface area contributed by atoms with Crippen molar-refractivity contribution in [2.24, 2.45) is 5.92 Å². The highest BCUT2D eigenvalue weighted by Crippen LogP contribution is 2.31. The molecule has 1 unspecified atom stereocenters. The maximum atomic E-state index is 14.4. The van der Waals surface area contributed by atoms with Crippen molar-refractivity contribution in [1.29, 1.82) is 0 Å². The van der Waals surface area contributed by atoms with E-state index in [0.717, 1.165) is 16.8 Å². The number of amides is 2. The predicted molar refractivity (Wildman–Crippen MR) is 182 cm³/mol. The molecular formula is C37H47N3O7. The summed E-state index contributed by atoms with van der Waals surface area (Å²) >= 11 is 0. The first-order chi connectivity index (χ1) is 22.4. The second kappa shape index (κ2) is 15.7. The molecule has 4 rings (SSSR count). The topological polar surface area (TPSA) is 107 Å². The molecular weight excluding hydrogens is 598 g/mol. The number of ether oxygens (including phenoxy) is 4. The highest BCUT2D eigenvalue weighted by molar-refractivity contribution is 6.15. The van der Waals surface area contributed by atoms with Gasteiger partial charge in [-0.1, -0.05) is 18.2 Å². The average molecular weight is 646 g/mol. The molecule has 0 aliphatic carbocycles. The molecule has 0 spiro atoms. The molecule has 1 heterocycles. The third-order valence-corrected chi connectivity index (χ3v) is 8.27. The van der Waals surface area contributed by atoms with Gasteiger partial charge in [0.1, 0.15) is 22.8 Å². The van der Waals surface area contributed by atoms with E-state index in [1.807, 2.05) is 69.0 Å². The molecule has 1 atom stereocenters. The van der Waals surface area contributed by atoms with Gasteiger partial charge in [0.25, 0.3) is 5.91 Å². The minimum atomic E-state index is -1.20. The summed E-state index contributed by atoms with van der Waals surface area (Å²) in [6.07, 6.45) is 1.09. The van der Waals surface area contributed by atoms with Crippen LogP contribution in [0.25, 0.3) is 0 Å². The number of likely N-dealkylation sites (tertiary alicyclic amines) is 1. The molecule has 252 valence electrons. The first-order valence-electron chi connectivity index (χ1n) is 15.9. The van der Waals surface area contributed by atoms with Crippen molar-refractivity contribution < 1.29 is 33.3 Å². The van der Waals surface area contributed by atoms with Gasteiger partial charge < -0.3 is 34.1 Å². The smallest absolute Gasteiger partial charge is 0.410 e. The fourth-order valence-electron chi connectivity index (χ4n) is 5.67. The summed E-state index contributed by atoms with van der Waals surface area (Å²) in [7, 11) is 4.73. The van der Waals surface area contributed by atoms with E-state index in [9.17, 15) is 14.4 Å². The van der Waals surface area contributed by atoms with E-state index in [-0.39, 0.29) is 24.3 Å². The lowest BCUT2D eigenvalue weighted by atomic mass is 9.96. The zero-order valence-corrected chi connectivity index (χ0v) is 28.5. The van der Waals surface area contributed by atoms with E-state index >= 15 is 0 Å². The summed E-state index contributed by atoms with van der Waals surface area (Å²) in [5.41, 5.74) is 2.27. The Labute approximate surface area is 277 Å². The number of carbonyl (C=O) groups is 3. The number of benzene rings is 3. The number of methoxy groups -OCH3 is 3. The van der Waals surface area contributed by atoms with Crippen LogP contribution in [-0.2, 0) is 16.1 Å². The molecule has 3 aromatic carbocycles. The maximum absolute atomic E-state index is 14.4. The van der Waals surface area contributed by atoms with E-state index in [4.69, 9.17) is 18.9 Å². The van der Waals surface area contributed by atoms with Gasteiger partial charge in [0.05, 0.1) is 21.3 Å². The lowest BCUT2D eigenvalue weighted by Gasteiger charge is -2.35. The van der Waals surface area contributed by atoms with E-state index in [1.165, 1.54) is 0 Å². The Bertz CT molecular complexity index is 1530. The van der Waals surface area contributed by atoms with Crippen molar-refractivity contribution in [2.75, 3.05) is 45.9 Å². The number of hydrogen-bond donors (Lipinski definition) is 1. The van der Waals surface area contributed by atoms with Gasteiger partial charge in [-0.05, 0) is 94.5 Å². The van der Waals surface area contributed by atoms with Gasteiger partial charge in [-0.15, -0.1) is 0 Å². The minimum absolute atomic E-state index is 0.142. The molecule has 1 N–H and O–H groups in total. The number of hydrogen-bond acceptors (Lipinski definition) is 8. The van der Waals surface area contributed by atoms with Crippen LogP contribution in [-0.4, -0.2) is 75.3 Å². The summed E-state index contributed by atoms with van der Waals surface area (Å²) < 4.78 is 21.9. The first kappa shape index (κ1) is 35.1. The number of nitrogens with zero attached hydrogens (tertiary/aromatic N) is 2. The lowest BCUT2D eigenvalue weighted by molar-refractivity contribution is -0.121. The monoisotopic (exact) mass is 645 g/mol. The Balaban J connectivity index is 1.64. The molecule has 0 radical (unpaired) electrons. The number of nitrogens with one attached hydrogen (secondary N) is 1. The van der Waals surface area contributed by atoms with Gasteiger partial charge >= 0.3 is 6.09 Å². The van der Waals surface area contributed by atoms with Gasteiger partial charge in [0.2, 0.25) is 0 Å². The van der Waals surface area contributed by atoms with Crippen LogP contribution in [0.3, 0.4) is 0 Å². The fourth-order valence-corrected chi connectivity index (χ4v) is 5.67. The molecule has 2 amide bonds. The highest BCUT2D eigenvalue weighted by atomic mass is 16.6. The molecule has 10 heteroatoms. The van der Waals surface area contributed by atoms with E-state index < -0.39 is 17.6 Å². The zero-order valence-electron chi connectivity index (χ0n) is 28.5. The predicted octanol–water partition coefficient (Wildman–Crippen LogP) is 6.04. The Morgan fingerprint density at radius 2 is 1.53 bits per heavy atom. The summed E-state index contributed by atoms with van der Waals surface area (Å²) in [6.45, 7) is 9.17. The molecule has 47 heavy (non-hydrogen) atoms. The average Bonchev–Trinajstić information content (AvgIpc) is 3.06. The molecule has 1 aliphatic heterocycles. The maximum Gasteiger partial charge on any atom is 0.410 e. The third kappa shape index (κ3) is 9.18. The lowest BCUT2D eigenvalue weighted by Crippen LogP contribution is -2.53. The van der Waals surface area contributed by atoms with Gasteiger partial charge in [0.15, 0.2) is 11.8 Å². The van der Waals surface area contributed by atoms with Crippen LogP contribution in [0.4, 0.5) is 10.5 Å². The Morgan fingerprint density at radius 1 is 0.894 bits per heavy atom. The number of piperidine rings is 1. The van der Waals surface area contributed by atoms with Crippen LogP contribution >= 0.6 is 0 Å². The van der Waals surface area contributed by atoms with Gasteiger partial charge in [-0.2, -0.15) is 0 Å². The number of aryl methyl sites for hydroxylation is 1. The van der Waals surface area contributed by atoms with Crippen molar-refractivity contribution in [3.8, 4) is 17.2 Å². The standard InChI is InChI=1S/C37H47N3O7/c1-25-10-8-9-11-31(25)40(24-28-14-17-30(45-6)22-32(28)46-7)33(34(41)27-12-15-29(44-5)16-13-27)35(42)38-23-26-18-20-39(21-19-26)36(43)47-37(2,3)4/h8-17,22,26,33H,18-21,23-24H2,1-7H3,(H,38,42). The van der Waals surface area contributed by atoms with Crippen molar-refractivity contribution >= 4 is 23.5 Å². The Hall–Kier alpha value is -4.73. The summed E-state index contributed by atoms with van der Waals surface area (Å²) in [5, 5.41) is 3.10. The van der Waals surface area contributed by atoms with Crippen LogP contribution in [0.15, 0.2) is 66.7 Å². The van der Waals surface area contributed by atoms with Crippen LogP contribution < -0.4 is 24.4 Å². The van der Waals surface area contributed by atoms with Crippen molar-refractivity contribution in [1.82, 2.24) is 10.2 Å². The van der Waals surface area contributed by atoms with Crippen LogP contribution in [0, 0.1) is 12.8 Å². The SMILES string of the molecule is COc1ccc(C(=O)C(C(=O)NCC2CCN(C(=O)OC(C)(C)C)CC2)N(Cc2ccc(OC)cc2OC)c2ccccc2C)cc1. The molecule has 0 saturated carbocycles. The number of anilines is 1. The highest BCUT2D eigenvalue weighted by Gasteiger charge is 2.36. The van der Waals surface area contributed by atoms with Gasteiger partial charge in [-0.3, -0.25) is 9.59 Å². The van der Waals surface area contributed by atoms with Crippen molar-refractivity contribution in [2.45, 2.75) is 58.7 Å². The number of rotatable bonds is 12. The number of carbonyl (C=O) groups excluding carboxylic acids is 3. The van der Waals surface area contributed by atoms with Crippen molar-refractivity contribution in [3.05, 3.63) is 83.4 Å². The van der Waals surface area contributed by atoms with Crippen LogP contribution in [0.5, 0.6) is 17.2 Å². The molecule has 1 fully saturated rings. The molecule has 3 aromatic rings. The number of ketones is 1. The van der Waals surface area contributed by atoms with Gasteiger partial charge in [-0.25, -0.2) is 4.79 Å². The van der Waals surface area contributed by atoms with Crippen molar-refractivity contribution in [3.63, 3.8) is 0 Å². The largest absolute Gasteiger partial charge is 0.497 e. The molecule has 1 saturated heterocycles. The van der Waals surface area contributed by atoms with Crippen LogP contribution in [0.1, 0.15) is 55.1 Å². The molecule has 0 aromatic heterocycles. The molecule has 1 aliphatic rings. The summed E-state index contributed by atoms with van der Waals surface area (Å²) in [4.78, 5) is 44.8. The number of Topliss-reactive ketones (excluding diaryl/α,β-unsaturated/α-hetero) is 1. The normalized spacial score (nSPS) is 14.1. The number of para-hydroxylation sites is 1. The first-order valence-corrected chi connectivity index (χ1v) is 15.9. The van der Waals surface area contributed by atoms with Crippen LogP contribution in [0.2, 0.25) is 0 Å². The van der Waals surface area contributed by atoms with E-state index in [1.54, 1.807) is 56.6 Å². The second-order valence-electron chi connectivity index (χ2n) is 12.7.